The van der Waals surface area contributed by atoms with Crippen LogP contribution in [0.1, 0.15) is 18.5 Å². The minimum Gasteiger partial charge on any atom is -0.302 e. The number of hydrogen-bond acceptors (Lipinski definition) is 6. The maximum Gasteiger partial charge on any atom is 0.232 e. The van der Waals surface area contributed by atoms with E-state index in [-0.39, 0.29) is 18.2 Å². The molecule has 0 unspecified atom stereocenters. The summed E-state index contributed by atoms with van der Waals surface area (Å²) in [6, 6.07) is 0. The number of anilines is 2. The van der Waals surface area contributed by atoms with Gasteiger partial charge in [-0.3, -0.25) is 14.5 Å². The van der Waals surface area contributed by atoms with Crippen LogP contribution in [-0.2, 0) is 16.0 Å². The summed E-state index contributed by atoms with van der Waals surface area (Å²) in [7, 11) is 0. The van der Waals surface area contributed by atoms with E-state index >= 15 is 0 Å². The van der Waals surface area contributed by atoms with E-state index < -0.39 is 0 Å². The first-order valence-electron chi connectivity index (χ1n) is 6.16. The van der Waals surface area contributed by atoms with Crippen LogP contribution in [0.2, 0.25) is 0 Å². The van der Waals surface area contributed by atoms with Crippen molar-refractivity contribution in [3.63, 3.8) is 0 Å². The lowest BCUT2D eigenvalue weighted by Crippen LogP contribution is -2.23. The van der Waals surface area contributed by atoms with Gasteiger partial charge < -0.3 is 5.32 Å². The van der Waals surface area contributed by atoms with Crippen molar-refractivity contribution in [1.82, 2.24) is 9.97 Å². The smallest absolute Gasteiger partial charge is 0.232 e. The van der Waals surface area contributed by atoms with Crippen molar-refractivity contribution >= 4 is 44.8 Å². The molecule has 0 bridgehead atoms. The molecule has 2 aromatic rings. The summed E-state index contributed by atoms with van der Waals surface area (Å²) >= 11 is 2.78. The number of carbonyl (C=O) groups is 2. The van der Waals surface area contributed by atoms with Gasteiger partial charge in [0.15, 0.2) is 10.3 Å². The highest BCUT2D eigenvalue weighted by molar-refractivity contribution is 7.14. The topological polar surface area (TPSA) is 75.2 Å². The predicted molar refractivity (Wildman–Crippen MR) is 78.1 cm³/mol. The van der Waals surface area contributed by atoms with Gasteiger partial charge in [-0.15, -0.1) is 22.7 Å². The number of aromatic nitrogens is 2. The number of nitrogens with one attached hydrogen (secondary N) is 1. The normalized spacial score (nSPS) is 14.8. The Bertz CT molecular complexity index is 623. The summed E-state index contributed by atoms with van der Waals surface area (Å²) in [4.78, 5) is 33.5. The maximum atomic E-state index is 11.8. The summed E-state index contributed by atoms with van der Waals surface area (Å²) in [5.74, 6) is -0.0392. The van der Waals surface area contributed by atoms with E-state index in [1.165, 1.54) is 22.7 Å². The van der Waals surface area contributed by atoms with E-state index in [9.17, 15) is 9.59 Å². The molecule has 0 atom stereocenters. The third kappa shape index (κ3) is 2.86. The van der Waals surface area contributed by atoms with Gasteiger partial charge in [0.25, 0.3) is 0 Å². The average Bonchev–Trinajstić information content (AvgIpc) is 3.11. The molecule has 8 heteroatoms. The van der Waals surface area contributed by atoms with Crippen molar-refractivity contribution in [3.8, 4) is 0 Å². The molecule has 1 saturated heterocycles. The summed E-state index contributed by atoms with van der Waals surface area (Å²) < 4.78 is 0. The van der Waals surface area contributed by atoms with E-state index in [2.05, 4.69) is 15.3 Å². The highest BCUT2D eigenvalue weighted by Crippen LogP contribution is 2.25. The quantitative estimate of drug-likeness (QED) is 0.936. The lowest BCUT2D eigenvalue weighted by atomic mass is 10.3. The van der Waals surface area contributed by atoms with Crippen LogP contribution in [0.5, 0.6) is 0 Å². The van der Waals surface area contributed by atoms with Crippen molar-refractivity contribution in [3.05, 3.63) is 22.7 Å². The molecule has 0 radical (unpaired) electrons. The van der Waals surface area contributed by atoms with E-state index in [0.717, 1.165) is 13.0 Å². The van der Waals surface area contributed by atoms with Crippen LogP contribution >= 0.6 is 22.7 Å². The molecule has 0 aromatic carbocycles. The molecule has 1 aliphatic heterocycles. The third-order valence-corrected chi connectivity index (χ3v) is 4.47. The Hall–Kier alpha value is -1.80. The minimum absolute atomic E-state index is 0.109. The molecule has 0 saturated carbocycles. The number of nitrogens with zero attached hydrogens (tertiary/aromatic N) is 3. The van der Waals surface area contributed by atoms with Gasteiger partial charge >= 0.3 is 0 Å². The lowest BCUT2D eigenvalue weighted by Gasteiger charge is -2.10. The average molecular weight is 308 g/mol. The molecule has 3 rings (SSSR count). The minimum atomic E-state index is -0.149. The van der Waals surface area contributed by atoms with Gasteiger partial charge in [0, 0.05) is 29.9 Å². The van der Waals surface area contributed by atoms with E-state index in [1.807, 2.05) is 5.38 Å². The zero-order chi connectivity index (χ0) is 13.9. The van der Waals surface area contributed by atoms with Crippen molar-refractivity contribution in [2.75, 3.05) is 16.8 Å². The molecule has 1 aliphatic rings. The van der Waals surface area contributed by atoms with Crippen LogP contribution in [0.25, 0.3) is 0 Å². The fourth-order valence-corrected chi connectivity index (χ4v) is 3.38. The first kappa shape index (κ1) is 13.2. The molecule has 1 N–H and O–H groups in total. The number of hydrogen-bond donors (Lipinski definition) is 1. The van der Waals surface area contributed by atoms with Crippen molar-refractivity contribution in [2.45, 2.75) is 19.3 Å². The Morgan fingerprint density at radius 1 is 1.45 bits per heavy atom. The summed E-state index contributed by atoms with van der Waals surface area (Å²) in [5, 5.41) is 7.60. The van der Waals surface area contributed by atoms with Crippen molar-refractivity contribution < 1.29 is 9.59 Å². The van der Waals surface area contributed by atoms with E-state index in [1.54, 1.807) is 16.5 Å². The second-order valence-electron chi connectivity index (χ2n) is 4.33. The Morgan fingerprint density at radius 2 is 2.35 bits per heavy atom. The number of carbonyl (C=O) groups excluding carboxylic acids is 2. The first-order valence-corrected chi connectivity index (χ1v) is 7.92. The van der Waals surface area contributed by atoms with Crippen LogP contribution < -0.4 is 10.2 Å². The molecule has 0 spiro atoms. The van der Waals surface area contributed by atoms with Gasteiger partial charge in [0.2, 0.25) is 11.8 Å². The first-order chi connectivity index (χ1) is 9.72. The highest BCUT2D eigenvalue weighted by atomic mass is 32.1. The molecular weight excluding hydrogens is 296 g/mol. The van der Waals surface area contributed by atoms with Crippen LogP contribution in [0.4, 0.5) is 10.3 Å². The second kappa shape index (κ2) is 5.68. The number of rotatable bonds is 4. The molecule has 104 valence electrons. The van der Waals surface area contributed by atoms with Crippen LogP contribution in [-0.4, -0.2) is 28.3 Å². The largest absolute Gasteiger partial charge is 0.302 e. The van der Waals surface area contributed by atoms with Crippen LogP contribution in [0.3, 0.4) is 0 Å². The zero-order valence-electron chi connectivity index (χ0n) is 10.5. The van der Waals surface area contributed by atoms with Gasteiger partial charge in [0.05, 0.1) is 12.1 Å². The van der Waals surface area contributed by atoms with Gasteiger partial charge in [-0.05, 0) is 6.42 Å². The summed E-state index contributed by atoms with van der Waals surface area (Å²) in [6.45, 7) is 0.719. The van der Waals surface area contributed by atoms with Crippen molar-refractivity contribution in [2.24, 2.45) is 0 Å². The standard InChI is InChI=1S/C12H12N4O2S2/c17-9(15-11-13-3-5-19-11)6-8-7-20-12(14-8)16-4-1-2-10(16)18/h3,5,7H,1-2,4,6H2,(H,13,15,17). The van der Waals surface area contributed by atoms with Gasteiger partial charge in [-0.25, -0.2) is 9.97 Å². The van der Waals surface area contributed by atoms with Crippen molar-refractivity contribution in [1.29, 1.82) is 0 Å². The molecule has 3 heterocycles. The molecule has 20 heavy (non-hydrogen) atoms. The Kier molecular flexibility index (Phi) is 3.75. The maximum absolute atomic E-state index is 11.8. The van der Waals surface area contributed by atoms with E-state index in [0.29, 0.717) is 22.4 Å². The van der Waals surface area contributed by atoms with E-state index in [4.69, 9.17) is 0 Å². The monoisotopic (exact) mass is 308 g/mol. The highest BCUT2D eigenvalue weighted by Gasteiger charge is 2.24. The molecule has 0 aliphatic carbocycles. The zero-order valence-corrected chi connectivity index (χ0v) is 12.2. The Balaban J connectivity index is 1.62. The summed E-state index contributed by atoms with van der Waals surface area (Å²) in [6.07, 6.45) is 3.29. The van der Waals surface area contributed by atoms with Gasteiger partial charge in [0.1, 0.15) is 0 Å². The molecule has 2 aromatic heterocycles. The lowest BCUT2D eigenvalue weighted by molar-refractivity contribution is -0.117. The number of thiazole rings is 2. The number of amides is 2. The Morgan fingerprint density at radius 3 is 3.05 bits per heavy atom. The Labute approximate surface area is 123 Å². The fraction of sp³-hybridized carbons (Fsp3) is 0.333. The van der Waals surface area contributed by atoms with Crippen LogP contribution in [0, 0.1) is 0 Å². The third-order valence-electron chi connectivity index (χ3n) is 2.86. The van der Waals surface area contributed by atoms with Gasteiger partial charge in [-0.2, -0.15) is 0 Å². The predicted octanol–water partition coefficient (Wildman–Crippen LogP) is 1.91. The molecule has 2 amide bonds. The summed E-state index contributed by atoms with van der Waals surface area (Å²) in [5.41, 5.74) is 0.679. The molecular formula is C12H12N4O2S2. The molecule has 1 fully saturated rings. The van der Waals surface area contributed by atoms with Gasteiger partial charge in [-0.1, -0.05) is 0 Å². The molecule has 6 nitrogen and oxygen atoms in total. The fourth-order valence-electron chi connectivity index (χ4n) is 1.96. The second-order valence-corrected chi connectivity index (χ2v) is 6.06. The van der Waals surface area contributed by atoms with Crippen LogP contribution in [0.15, 0.2) is 17.0 Å². The SMILES string of the molecule is O=C(Cc1csc(N2CCCC2=O)n1)Nc1nccs1.